The Bertz CT molecular complexity index is 426. The number of aliphatic carboxylic acids is 1. The van der Waals surface area contributed by atoms with E-state index in [1.165, 1.54) is 11.5 Å². The molecule has 6 heteroatoms. The van der Waals surface area contributed by atoms with Gasteiger partial charge < -0.3 is 10.0 Å². The van der Waals surface area contributed by atoms with Crippen LogP contribution >= 0.6 is 11.5 Å². The maximum atomic E-state index is 11.3. The SMILES string of the molecule is CCN(c1nc(C2CC2)ns1)C(C)(C)C(=O)O. The van der Waals surface area contributed by atoms with Gasteiger partial charge in [0.05, 0.1) is 0 Å². The molecule has 0 atom stereocenters. The summed E-state index contributed by atoms with van der Waals surface area (Å²) in [6.45, 7) is 5.93. The number of nitrogens with zero attached hydrogens (tertiary/aromatic N) is 3. The Morgan fingerprint density at radius 2 is 2.24 bits per heavy atom. The van der Waals surface area contributed by atoms with Crippen LogP contribution in [0.2, 0.25) is 0 Å². The van der Waals surface area contributed by atoms with Gasteiger partial charge in [-0.15, -0.1) is 0 Å². The van der Waals surface area contributed by atoms with E-state index >= 15 is 0 Å². The Labute approximate surface area is 105 Å². The van der Waals surface area contributed by atoms with E-state index in [4.69, 9.17) is 0 Å². The molecule has 0 bridgehead atoms. The summed E-state index contributed by atoms with van der Waals surface area (Å²) in [4.78, 5) is 17.5. The van der Waals surface area contributed by atoms with E-state index in [0.717, 1.165) is 18.7 Å². The van der Waals surface area contributed by atoms with E-state index in [2.05, 4.69) is 9.36 Å². The molecular formula is C11H17N3O2S. The van der Waals surface area contributed by atoms with Gasteiger partial charge in [-0.1, -0.05) is 0 Å². The Hall–Kier alpha value is -1.17. The first-order chi connectivity index (χ1) is 7.96. The van der Waals surface area contributed by atoms with E-state index in [1.54, 1.807) is 18.7 Å². The van der Waals surface area contributed by atoms with Gasteiger partial charge in [0.2, 0.25) is 5.13 Å². The first kappa shape index (κ1) is 12.3. The van der Waals surface area contributed by atoms with Gasteiger partial charge in [0.1, 0.15) is 11.4 Å². The van der Waals surface area contributed by atoms with Gasteiger partial charge in [0.25, 0.3) is 0 Å². The predicted molar refractivity (Wildman–Crippen MR) is 66.6 cm³/mol. The molecule has 1 aromatic heterocycles. The number of carboxylic acid groups (broad SMARTS) is 1. The van der Waals surface area contributed by atoms with E-state index in [-0.39, 0.29) is 0 Å². The quantitative estimate of drug-likeness (QED) is 0.872. The van der Waals surface area contributed by atoms with Crippen LogP contribution < -0.4 is 4.90 Å². The minimum absolute atomic E-state index is 0.506. The number of anilines is 1. The van der Waals surface area contributed by atoms with Crippen molar-refractivity contribution in [3.8, 4) is 0 Å². The highest BCUT2D eigenvalue weighted by atomic mass is 32.1. The Morgan fingerprint density at radius 1 is 1.59 bits per heavy atom. The maximum absolute atomic E-state index is 11.3. The molecule has 1 aliphatic rings. The summed E-state index contributed by atoms with van der Waals surface area (Å²) in [7, 11) is 0. The van der Waals surface area contributed by atoms with Crippen molar-refractivity contribution in [2.75, 3.05) is 11.4 Å². The molecule has 0 aliphatic heterocycles. The number of carbonyl (C=O) groups is 1. The molecule has 1 saturated carbocycles. The first-order valence-electron chi connectivity index (χ1n) is 5.81. The standard InChI is InChI=1S/C11H17N3O2S/c1-4-14(11(2,3)9(15)16)10-12-8(13-17-10)7-5-6-7/h7H,4-6H2,1-3H3,(H,15,16). The summed E-state index contributed by atoms with van der Waals surface area (Å²) in [5.41, 5.74) is -0.949. The average Bonchev–Trinajstić information content (AvgIpc) is 3.00. The fraction of sp³-hybridized carbons (Fsp3) is 0.727. The molecule has 1 N–H and O–H groups in total. The predicted octanol–water partition coefficient (Wildman–Crippen LogP) is 2.10. The maximum Gasteiger partial charge on any atom is 0.329 e. The molecule has 1 aromatic rings. The van der Waals surface area contributed by atoms with Crippen molar-refractivity contribution < 1.29 is 9.90 Å². The summed E-state index contributed by atoms with van der Waals surface area (Å²) in [6.07, 6.45) is 2.31. The molecule has 5 nitrogen and oxygen atoms in total. The molecule has 1 fully saturated rings. The zero-order chi connectivity index (χ0) is 12.6. The molecule has 2 rings (SSSR count). The Kier molecular flexibility index (Phi) is 3.07. The van der Waals surface area contributed by atoms with E-state index in [1.807, 2.05) is 6.92 Å². The summed E-state index contributed by atoms with van der Waals surface area (Å²) < 4.78 is 4.32. The monoisotopic (exact) mass is 255 g/mol. The fourth-order valence-electron chi connectivity index (χ4n) is 1.73. The van der Waals surface area contributed by atoms with Gasteiger partial charge in [-0.25, -0.2) is 9.78 Å². The zero-order valence-corrected chi connectivity index (χ0v) is 11.1. The molecule has 94 valence electrons. The van der Waals surface area contributed by atoms with Crippen molar-refractivity contribution in [3.05, 3.63) is 5.82 Å². The lowest BCUT2D eigenvalue weighted by Gasteiger charge is -2.33. The summed E-state index contributed by atoms with van der Waals surface area (Å²) in [6, 6.07) is 0. The number of rotatable bonds is 5. The average molecular weight is 255 g/mol. The van der Waals surface area contributed by atoms with Crippen molar-refractivity contribution >= 4 is 22.6 Å². The van der Waals surface area contributed by atoms with E-state index in [9.17, 15) is 9.90 Å². The van der Waals surface area contributed by atoms with Crippen LogP contribution in [-0.4, -0.2) is 32.5 Å². The van der Waals surface area contributed by atoms with Gasteiger partial charge in [0, 0.05) is 24.0 Å². The van der Waals surface area contributed by atoms with Crippen LogP contribution in [0, 0.1) is 0 Å². The van der Waals surface area contributed by atoms with Crippen LogP contribution in [-0.2, 0) is 4.79 Å². The normalized spacial score (nSPS) is 15.9. The molecule has 0 amide bonds. The second-order valence-corrected chi connectivity index (χ2v) is 5.55. The molecule has 0 aromatic carbocycles. The number of likely N-dealkylation sites (N-methyl/N-ethyl adjacent to an activating group) is 1. The molecule has 0 spiro atoms. The lowest BCUT2D eigenvalue weighted by atomic mass is 10.0. The van der Waals surface area contributed by atoms with Crippen LogP contribution in [0.25, 0.3) is 0 Å². The molecular weight excluding hydrogens is 238 g/mol. The summed E-state index contributed by atoms with van der Waals surface area (Å²) >= 11 is 1.30. The largest absolute Gasteiger partial charge is 0.480 e. The van der Waals surface area contributed by atoms with Crippen molar-refractivity contribution in [3.63, 3.8) is 0 Å². The van der Waals surface area contributed by atoms with Crippen LogP contribution in [0.4, 0.5) is 5.13 Å². The summed E-state index contributed by atoms with van der Waals surface area (Å²) in [5.74, 6) is 0.541. The van der Waals surface area contributed by atoms with Crippen LogP contribution in [0.5, 0.6) is 0 Å². The number of carboxylic acids is 1. The third kappa shape index (κ3) is 2.26. The van der Waals surface area contributed by atoms with Gasteiger partial charge in [0.15, 0.2) is 0 Å². The van der Waals surface area contributed by atoms with Gasteiger partial charge in [-0.2, -0.15) is 4.37 Å². The Morgan fingerprint density at radius 3 is 2.71 bits per heavy atom. The second kappa shape index (κ2) is 4.25. The van der Waals surface area contributed by atoms with Crippen molar-refractivity contribution in [2.24, 2.45) is 0 Å². The van der Waals surface area contributed by atoms with Gasteiger partial charge in [-0.3, -0.25) is 0 Å². The van der Waals surface area contributed by atoms with E-state index in [0.29, 0.717) is 17.6 Å². The second-order valence-electron chi connectivity index (χ2n) is 4.82. The van der Waals surface area contributed by atoms with Gasteiger partial charge in [-0.05, 0) is 33.6 Å². The first-order valence-corrected chi connectivity index (χ1v) is 6.58. The van der Waals surface area contributed by atoms with E-state index < -0.39 is 11.5 Å². The van der Waals surface area contributed by atoms with Crippen molar-refractivity contribution in [1.29, 1.82) is 0 Å². The molecule has 0 unspecified atom stereocenters. The molecule has 17 heavy (non-hydrogen) atoms. The van der Waals surface area contributed by atoms with Crippen LogP contribution in [0.15, 0.2) is 0 Å². The fourth-order valence-corrected chi connectivity index (χ4v) is 2.68. The topological polar surface area (TPSA) is 66.3 Å². The number of hydrogen-bond acceptors (Lipinski definition) is 5. The third-order valence-electron chi connectivity index (χ3n) is 3.12. The highest BCUT2D eigenvalue weighted by Crippen LogP contribution is 2.40. The van der Waals surface area contributed by atoms with Crippen LogP contribution in [0.3, 0.4) is 0 Å². The lowest BCUT2D eigenvalue weighted by Crippen LogP contribution is -2.50. The van der Waals surface area contributed by atoms with Crippen LogP contribution in [0.1, 0.15) is 45.4 Å². The van der Waals surface area contributed by atoms with Crippen molar-refractivity contribution in [2.45, 2.75) is 45.1 Å². The minimum Gasteiger partial charge on any atom is -0.480 e. The molecule has 0 radical (unpaired) electrons. The number of aromatic nitrogens is 2. The molecule has 0 saturated heterocycles. The minimum atomic E-state index is -0.949. The Balaban J connectivity index is 2.24. The lowest BCUT2D eigenvalue weighted by molar-refractivity contribution is -0.142. The van der Waals surface area contributed by atoms with Crippen molar-refractivity contribution in [1.82, 2.24) is 9.36 Å². The molecule has 1 aliphatic carbocycles. The van der Waals surface area contributed by atoms with Gasteiger partial charge >= 0.3 is 5.97 Å². The highest BCUT2D eigenvalue weighted by molar-refractivity contribution is 7.09. The number of hydrogen-bond donors (Lipinski definition) is 1. The summed E-state index contributed by atoms with van der Waals surface area (Å²) in [5, 5.41) is 9.96. The zero-order valence-electron chi connectivity index (χ0n) is 10.3. The molecule has 1 heterocycles. The third-order valence-corrected chi connectivity index (χ3v) is 3.87. The smallest absolute Gasteiger partial charge is 0.329 e. The highest BCUT2D eigenvalue weighted by Gasteiger charge is 2.37.